The van der Waals surface area contributed by atoms with Gasteiger partial charge in [-0.05, 0) is 80.3 Å². The lowest BCUT2D eigenvalue weighted by molar-refractivity contribution is -0.131. The van der Waals surface area contributed by atoms with E-state index in [2.05, 4.69) is 11.4 Å². The Balaban J connectivity index is 1.52. The number of rotatable bonds is 7. The number of benzene rings is 2. The van der Waals surface area contributed by atoms with Gasteiger partial charge >= 0.3 is 0 Å². The van der Waals surface area contributed by atoms with E-state index in [-0.39, 0.29) is 36.1 Å². The molecule has 3 heterocycles. The lowest BCUT2D eigenvalue weighted by Crippen LogP contribution is -2.59. The Hall–Kier alpha value is -4.29. The van der Waals surface area contributed by atoms with E-state index in [1.807, 2.05) is 51.2 Å². The molecule has 3 amide bonds. The van der Waals surface area contributed by atoms with E-state index in [0.717, 1.165) is 34.9 Å². The Morgan fingerprint density at radius 1 is 1.11 bits per heavy atom. The van der Waals surface area contributed by atoms with Crippen LogP contribution in [0.4, 0.5) is 11.4 Å². The van der Waals surface area contributed by atoms with Crippen LogP contribution in [0.5, 0.6) is 0 Å². The molecule has 2 aromatic carbocycles. The molecule has 1 aromatic heterocycles. The van der Waals surface area contributed by atoms with Crippen LogP contribution in [0, 0.1) is 23.2 Å². The summed E-state index contributed by atoms with van der Waals surface area (Å²) in [6, 6.07) is 13.6. The minimum Gasteiger partial charge on any atom is -0.381 e. The third kappa shape index (κ3) is 5.55. The monoisotopic (exact) mass is 593 g/mol. The molecule has 2 aliphatic heterocycles. The molecule has 228 valence electrons. The number of amides is 3. The van der Waals surface area contributed by atoms with E-state index < -0.39 is 12.1 Å². The first kappa shape index (κ1) is 29.8. The fourth-order valence-electron chi connectivity index (χ4n) is 6.46. The van der Waals surface area contributed by atoms with Crippen molar-refractivity contribution in [1.29, 1.82) is 5.26 Å². The van der Waals surface area contributed by atoms with Gasteiger partial charge in [0.05, 0.1) is 41.1 Å². The third-order valence-electron chi connectivity index (χ3n) is 9.50. The number of carbonyl (C=O) groups is 3. The maximum atomic E-state index is 14.8. The summed E-state index contributed by atoms with van der Waals surface area (Å²) in [5.74, 6) is -0.844. The second-order valence-corrected chi connectivity index (χ2v) is 12.4. The predicted octanol–water partition coefficient (Wildman–Crippen LogP) is 5.21. The van der Waals surface area contributed by atoms with Gasteiger partial charge in [-0.3, -0.25) is 19.4 Å². The summed E-state index contributed by atoms with van der Waals surface area (Å²) in [6.07, 6.45) is 5.84. The van der Waals surface area contributed by atoms with Gasteiger partial charge in [0.15, 0.2) is 0 Å². The van der Waals surface area contributed by atoms with Crippen LogP contribution in [0.1, 0.15) is 75.5 Å². The van der Waals surface area contributed by atoms with Crippen molar-refractivity contribution in [2.75, 3.05) is 23.0 Å². The molecule has 44 heavy (non-hydrogen) atoms. The summed E-state index contributed by atoms with van der Waals surface area (Å²) in [5.41, 5.74) is 4.44. The molecule has 9 heteroatoms. The largest absolute Gasteiger partial charge is 0.381 e. The molecule has 1 saturated carbocycles. The summed E-state index contributed by atoms with van der Waals surface area (Å²) in [5, 5.41) is 13.9. The fourth-order valence-corrected chi connectivity index (χ4v) is 6.46. The lowest BCUT2D eigenvalue weighted by Gasteiger charge is -2.35. The van der Waals surface area contributed by atoms with Crippen molar-refractivity contribution < 1.29 is 19.1 Å². The van der Waals surface area contributed by atoms with E-state index in [4.69, 9.17) is 9.72 Å². The van der Waals surface area contributed by atoms with Crippen molar-refractivity contribution in [3.05, 3.63) is 65.4 Å². The number of nitriles is 1. The molecule has 1 N–H and O–H groups in total. The quantitative estimate of drug-likeness (QED) is 0.402. The first-order valence-corrected chi connectivity index (χ1v) is 15.8. The molecule has 3 aliphatic rings. The average molecular weight is 594 g/mol. The van der Waals surface area contributed by atoms with Crippen molar-refractivity contribution in [3.8, 4) is 6.07 Å². The van der Waals surface area contributed by atoms with Crippen LogP contribution in [0.3, 0.4) is 0 Å². The number of para-hydroxylation sites is 1. The summed E-state index contributed by atoms with van der Waals surface area (Å²) in [4.78, 5) is 50.5. The van der Waals surface area contributed by atoms with Gasteiger partial charge in [-0.2, -0.15) is 5.26 Å². The Morgan fingerprint density at radius 2 is 1.86 bits per heavy atom. The molecule has 1 aliphatic carbocycles. The minimum atomic E-state index is -0.990. The summed E-state index contributed by atoms with van der Waals surface area (Å²) in [6.45, 7) is 6.81. The number of ether oxygens (including phenoxy) is 1. The van der Waals surface area contributed by atoms with Crippen molar-refractivity contribution >= 4 is 40.0 Å². The molecule has 1 saturated heterocycles. The van der Waals surface area contributed by atoms with Crippen LogP contribution in [-0.2, 0) is 25.7 Å². The van der Waals surface area contributed by atoms with E-state index >= 15 is 0 Å². The predicted molar refractivity (Wildman–Crippen MR) is 168 cm³/mol. The van der Waals surface area contributed by atoms with Crippen molar-refractivity contribution in [2.45, 2.75) is 77.4 Å². The van der Waals surface area contributed by atoms with Gasteiger partial charge in [0.1, 0.15) is 6.04 Å². The van der Waals surface area contributed by atoms with E-state index in [1.165, 1.54) is 0 Å². The van der Waals surface area contributed by atoms with Crippen LogP contribution >= 0.6 is 0 Å². The number of pyridine rings is 1. The molecular weight excluding hydrogens is 554 g/mol. The van der Waals surface area contributed by atoms with Crippen LogP contribution in [-0.4, -0.2) is 48.0 Å². The summed E-state index contributed by atoms with van der Waals surface area (Å²) >= 11 is 0. The molecule has 6 rings (SSSR count). The Kier molecular flexibility index (Phi) is 8.37. The van der Waals surface area contributed by atoms with Crippen LogP contribution < -0.4 is 15.1 Å². The standard InChI is InChI=1S/C35H39N5O4/c1-4-21(2)33(41)38-32-22(3)40(34(42)25-13-15-44-16-14-25)31-17-23(18-36)9-12-30(31)39(35(32)43)20-28-26-7-5-6-8-29(26)37-19-27(28)24-10-11-24/h5-9,12,17,19,21-22,24-25,32H,4,10-11,13-16,20H2,1-3H3,(H,38,41)/t21-,22+,32+/m1/s1. The molecule has 0 bridgehead atoms. The number of fused-ring (bicyclic) bond motifs is 2. The first-order valence-electron chi connectivity index (χ1n) is 15.8. The number of nitrogens with zero attached hydrogens (tertiary/aromatic N) is 4. The number of carbonyl (C=O) groups excluding carboxylic acids is 3. The first-order chi connectivity index (χ1) is 21.3. The second kappa shape index (κ2) is 12.4. The topological polar surface area (TPSA) is 116 Å². The van der Waals surface area contributed by atoms with Crippen LogP contribution in [0.15, 0.2) is 48.7 Å². The van der Waals surface area contributed by atoms with Gasteiger partial charge < -0.3 is 19.9 Å². The van der Waals surface area contributed by atoms with Gasteiger partial charge in [-0.15, -0.1) is 0 Å². The van der Waals surface area contributed by atoms with Gasteiger partial charge in [-0.1, -0.05) is 32.0 Å². The molecule has 3 atom stereocenters. The van der Waals surface area contributed by atoms with E-state index in [1.54, 1.807) is 28.0 Å². The highest BCUT2D eigenvalue weighted by Crippen LogP contribution is 2.45. The van der Waals surface area contributed by atoms with Crippen molar-refractivity contribution in [2.24, 2.45) is 11.8 Å². The summed E-state index contributed by atoms with van der Waals surface area (Å²) in [7, 11) is 0. The summed E-state index contributed by atoms with van der Waals surface area (Å²) < 4.78 is 5.54. The average Bonchev–Trinajstić information content (AvgIpc) is 3.91. The Morgan fingerprint density at radius 3 is 2.57 bits per heavy atom. The zero-order valence-corrected chi connectivity index (χ0v) is 25.6. The van der Waals surface area contributed by atoms with Crippen LogP contribution in [0.2, 0.25) is 0 Å². The zero-order chi connectivity index (χ0) is 31.0. The van der Waals surface area contributed by atoms with Crippen LogP contribution in [0.25, 0.3) is 10.9 Å². The molecule has 0 unspecified atom stereocenters. The number of anilines is 2. The molecule has 9 nitrogen and oxygen atoms in total. The number of nitrogens with one attached hydrogen (secondary N) is 1. The highest BCUT2D eigenvalue weighted by atomic mass is 16.5. The highest BCUT2D eigenvalue weighted by molar-refractivity contribution is 6.09. The Bertz CT molecular complexity index is 1640. The number of hydrogen-bond donors (Lipinski definition) is 1. The fraction of sp³-hybridized carbons (Fsp3) is 0.457. The van der Waals surface area contributed by atoms with Crippen molar-refractivity contribution in [1.82, 2.24) is 10.3 Å². The van der Waals surface area contributed by atoms with Crippen molar-refractivity contribution in [3.63, 3.8) is 0 Å². The molecule has 0 spiro atoms. The van der Waals surface area contributed by atoms with Gasteiger partial charge in [0.25, 0.3) is 5.91 Å². The second-order valence-electron chi connectivity index (χ2n) is 12.4. The minimum absolute atomic E-state index is 0.123. The van der Waals surface area contributed by atoms with E-state index in [9.17, 15) is 19.6 Å². The maximum Gasteiger partial charge on any atom is 0.252 e. The highest BCUT2D eigenvalue weighted by Gasteiger charge is 2.44. The van der Waals surface area contributed by atoms with Gasteiger partial charge in [0.2, 0.25) is 11.8 Å². The molecule has 3 aromatic rings. The number of hydrogen-bond acceptors (Lipinski definition) is 6. The van der Waals surface area contributed by atoms with Gasteiger partial charge in [0, 0.05) is 36.6 Å². The van der Waals surface area contributed by atoms with E-state index in [0.29, 0.717) is 55.3 Å². The number of aromatic nitrogens is 1. The normalized spacial score (nSPS) is 21.4. The zero-order valence-electron chi connectivity index (χ0n) is 25.6. The molecule has 0 radical (unpaired) electrons. The molecule has 2 fully saturated rings. The lowest BCUT2D eigenvalue weighted by atomic mass is 9.96. The van der Waals surface area contributed by atoms with Gasteiger partial charge in [-0.25, -0.2) is 0 Å². The third-order valence-corrected chi connectivity index (χ3v) is 9.50. The SMILES string of the molecule is CC[C@@H](C)C(=O)N[C@@H]1C(=O)N(Cc2c(C3CC3)cnc3ccccc23)c2ccc(C#N)cc2N(C(=O)C2CCOCC2)[C@H]1C. The Labute approximate surface area is 258 Å². The smallest absolute Gasteiger partial charge is 0.252 e. The molecular formula is C35H39N5O4. The maximum absolute atomic E-state index is 14.8.